The van der Waals surface area contributed by atoms with E-state index in [0.29, 0.717) is 5.92 Å². The highest BCUT2D eigenvalue weighted by molar-refractivity contribution is 7.80. The Balaban J connectivity index is 2.70. The maximum atomic E-state index is 4.27. The third kappa shape index (κ3) is 3.35. The van der Waals surface area contributed by atoms with Gasteiger partial charge in [0.1, 0.15) is 5.82 Å². The Hall–Kier alpha value is -0.570. The number of thiol groups is 1. The van der Waals surface area contributed by atoms with Crippen LogP contribution in [0.25, 0.3) is 0 Å². The standard InChI is InChI=1S/C10H16N2S/c1-7(2)4-9-5-11-10(8(3)13)12-6-9/h5-8,13H,4H2,1-3H3. The van der Waals surface area contributed by atoms with Crippen LogP contribution in [-0.2, 0) is 6.42 Å². The second-order valence-corrected chi connectivity index (χ2v) is 4.50. The summed E-state index contributed by atoms with van der Waals surface area (Å²) in [5, 5.41) is 0.119. The van der Waals surface area contributed by atoms with Gasteiger partial charge in [0.25, 0.3) is 0 Å². The lowest BCUT2D eigenvalue weighted by atomic mass is 10.1. The minimum Gasteiger partial charge on any atom is -0.240 e. The van der Waals surface area contributed by atoms with Crippen LogP contribution in [0.5, 0.6) is 0 Å². The molecule has 1 heterocycles. The van der Waals surface area contributed by atoms with Gasteiger partial charge in [0.05, 0.1) is 5.25 Å². The zero-order valence-electron chi connectivity index (χ0n) is 8.36. The van der Waals surface area contributed by atoms with Crippen molar-refractivity contribution in [3.63, 3.8) is 0 Å². The van der Waals surface area contributed by atoms with Crippen LogP contribution in [0.2, 0.25) is 0 Å². The third-order valence-electron chi connectivity index (χ3n) is 1.74. The molecule has 0 amide bonds. The van der Waals surface area contributed by atoms with Crippen LogP contribution in [0.4, 0.5) is 0 Å². The van der Waals surface area contributed by atoms with E-state index >= 15 is 0 Å². The van der Waals surface area contributed by atoms with E-state index in [1.54, 1.807) is 0 Å². The van der Waals surface area contributed by atoms with Crippen molar-refractivity contribution in [2.75, 3.05) is 0 Å². The van der Waals surface area contributed by atoms with E-state index in [0.717, 1.165) is 12.2 Å². The van der Waals surface area contributed by atoms with Gasteiger partial charge in [0.15, 0.2) is 0 Å². The van der Waals surface area contributed by atoms with Crippen LogP contribution < -0.4 is 0 Å². The van der Waals surface area contributed by atoms with E-state index in [-0.39, 0.29) is 5.25 Å². The van der Waals surface area contributed by atoms with E-state index in [4.69, 9.17) is 0 Å². The predicted octanol–water partition coefficient (Wildman–Crippen LogP) is 2.67. The first kappa shape index (κ1) is 10.5. The van der Waals surface area contributed by atoms with Gasteiger partial charge in [-0.1, -0.05) is 13.8 Å². The molecule has 1 unspecified atom stereocenters. The first-order chi connectivity index (χ1) is 6.09. The van der Waals surface area contributed by atoms with Gasteiger partial charge >= 0.3 is 0 Å². The van der Waals surface area contributed by atoms with Crippen LogP contribution in [0, 0.1) is 5.92 Å². The quantitative estimate of drug-likeness (QED) is 0.752. The molecule has 72 valence electrons. The molecule has 1 atom stereocenters. The molecule has 0 fully saturated rings. The van der Waals surface area contributed by atoms with E-state index in [9.17, 15) is 0 Å². The molecule has 0 aliphatic rings. The second-order valence-electron chi connectivity index (χ2n) is 3.72. The summed E-state index contributed by atoms with van der Waals surface area (Å²) < 4.78 is 0. The normalized spacial score (nSPS) is 13.3. The van der Waals surface area contributed by atoms with Crippen molar-refractivity contribution in [2.45, 2.75) is 32.4 Å². The van der Waals surface area contributed by atoms with Crippen LogP contribution >= 0.6 is 12.6 Å². The Kier molecular flexibility index (Phi) is 3.72. The Labute approximate surface area is 85.2 Å². The van der Waals surface area contributed by atoms with Crippen molar-refractivity contribution in [1.29, 1.82) is 0 Å². The molecule has 0 saturated heterocycles. The summed E-state index contributed by atoms with van der Waals surface area (Å²) in [5.74, 6) is 1.46. The maximum Gasteiger partial charge on any atom is 0.140 e. The topological polar surface area (TPSA) is 25.8 Å². The molecule has 0 aliphatic carbocycles. The molecular weight excluding hydrogens is 180 g/mol. The van der Waals surface area contributed by atoms with Crippen LogP contribution in [0.15, 0.2) is 12.4 Å². The summed E-state index contributed by atoms with van der Waals surface area (Å²) in [6.45, 7) is 6.35. The number of aromatic nitrogens is 2. The highest BCUT2D eigenvalue weighted by atomic mass is 32.1. The Morgan fingerprint density at radius 1 is 1.23 bits per heavy atom. The van der Waals surface area contributed by atoms with Crippen LogP contribution in [0.1, 0.15) is 37.4 Å². The number of hydrogen-bond acceptors (Lipinski definition) is 3. The molecule has 1 aromatic rings. The minimum atomic E-state index is 0.119. The molecule has 0 spiro atoms. The monoisotopic (exact) mass is 196 g/mol. The molecule has 0 aliphatic heterocycles. The van der Waals surface area contributed by atoms with Gasteiger partial charge in [-0.3, -0.25) is 0 Å². The zero-order valence-corrected chi connectivity index (χ0v) is 9.25. The van der Waals surface area contributed by atoms with Gasteiger partial charge in [-0.25, -0.2) is 9.97 Å². The average molecular weight is 196 g/mol. The van der Waals surface area contributed by atoms with Crippen molar-refractivity contribution < 1.29 is 0 Å². The molecule has 0 radical (unpaired) electrons. The molecule has 13 heavy (non-hydrogen) atoms. The zero-order chi connectivity index (χ0) is 9.84. The lowest BCUT2D eigenvalue weighted by molar-refractivity contribution is 0.642. The highest BCUT2D eigenvalue weighted by Gasteiger charge is 2.03. The SMILES string of the molecule is CC(C)Cc1cnc(C(C)S)nc1. The van der Waals surface area contributed by atoms with E-state index in [1.807, 2.05) is 19.3 Å². The lowest BCUT2D eigenvalue weighted by Crippen LogP contribution is -1.99. The van der Waals surface area contributed by atoms with Crippen LogP contribution in [-0.4, -0.2) is 9.97 Å². The van der Waals surface area contributed by atoms with Gasteiger partial charge in [0.2, 0.25) is 0 Å². The largest absolute Gasteiger partial charge is 0.240 e. The van der Waals surface area contributed by atoms with Crippen molar-refractivity contribution >= 4 is 12.6 Å². The molecule has 1 aromatic heterocycles. The summed E-state index contributed by atoms with van der Waals surface area (Å²) in [4.78, 5) is 8.49. The van der Waals surface area contributed by atoms with Crippen molar-refractivity contribution in [2.24, 2.45) is 5.92 Å². The summed E-state index contributed by atoms with van der Waals surface area (Å²) in [6, 6.07) is 0. The molecular formula is C10H16N2S. The second kappa shape index (κ2) is 4.61. The first-order valence-corrected chi connectivity index (χ1v) is 5.10. The molecule has 2 nitrogen and oxygen atoms in total. The summed E-state index contributed by atoms with van der Waals surface area (Å²) in [5.41, 5.74) is 1.20. The Bertz CT molecular complexity index is 254. The fourth-order valence-electron chi connectivity index (χ4n) is 1.16. The maximum absolute atomic E-state index is 4.27. The molecule has 0 bridgehead atoms. The highest BCUT2D eigenvalue weighted by Crippen LogP contribution is 2.14. The van der Waals surface area contributed by atoms with Crippen molar-refractivity contribution in [3.8, 4) is 0 Å². The summed E-state index contributed by atoms with van der Waals surface area (Å²) in [7, 11) is 0. The fraction of sp³-hybridized carbons (Fsp3) is 0.600. The molecule has 0 aromatic carbocycles. The van der Waals surface area contributed by atoms with Gasteiger partial charge < -0.3 is 0 Å². The van der Waals surface area contributed by atoms with Gasteiger partial charge in [-0.2, -0.15) is 12.6 Å². The Morgan fingerprint density at radius 3 is 2.15 bits per heavy atom. The smallest absolute Gasteiger partial charge is 0.140 e. The first-order valence-electron chi connectivity index (χ1n) is 4.58. The van der Waals surface area contributed by atoms with Crippen molar-refractivity contribution in [3.05, 3.63) is 23.8 Å². The molecule has 1 rings (SSSR count). The number of hydrogen-bond donors (Lipinski definition) is 1. The average Bonchev–Trinajstić information content (AvgIpc) is 2.04. The van der Waals surface area contributed by atoms with Crippen LogP contribution in [0.3, 0.4) is 0 Å². The predicted molar refractivity (Wildman–Crippen MR) is 58.0 cm³/mol. The van der Waals surface area contributed by atoms with Gasteiger partial charge in [-0.15, -0.1) is 0 Å². The molecule has 3 heteroatoms. The van der Waals surface area contributed by atoms with E-state index < -0.39 is 0 Å². The van der Waals surface area contributed by atoms with Gasteiger partial charge in [-0.05, 0) is 24.8 Å². The third-order valence-corrected chi connectivity index (χ3v) is 1.97. The lowest BCUT2D eigenvalue weighted by Gasteiger charge is -2.05. The fourth-order valence-corrected chi connectivity index (χ4v) is 1.29. The minimum absolute atomic E-state index is 0.119. The van der Waals surface area contributed by atoms with Crippen molar-refractivity contribution in [1.82, 2.24) is 9.97 Å². The summed E-state index contributed by atoms with van der Waals surface area (Å²) in [6.07, 6.45) is 4.84. The number of nitrogens with zero attached hydrogens (tertiary/aromatic N) is 2. The molecule has 0 N–H and O–H groups in total. The van der Waals surface area contributed by atoms with E-state index in [1.165, 1.54) is 5.56 Å². The van der Waals surface area contributed by atoms with E-state index in [2.05, 4.69) is 36.4 Å². The number of rotatable bonds is 3. The summed E-state index contributed by atoms with van der Waals surface area (Å²) >= 11 is 4.27. The Morgan fingerprint density at radius 2 is 1.77 bits per heavy atom. The molecule has 0 saturated carbocycles. The van der Waals surface area contributed by atoms with Gasteiger partial charge in [0, 0.05) is 12.4 Å².